The number of aryl methyl sites for hydroxylation is 1. The molecule has 0 saturated carbocycles. The van der Waals surface area contributed by atoms with Crippen LogP contribution < -0.4 is 4.90 Å². The molecule has 0 aliphatic rings. The van der Waals surface area contributed by atoms with Crippen LogP contribution in [0, 0.1) is 18.7 Å². The number of amides is 1. The van der Waals surface area contributed by atoms with Gasteiger partial charge in [-0.2, -0.15) is 9.49 Å². The Morgan fingerprint density at radius 2 is 1.96 bits per heavy atom. The Bertz CT molecular complexity index is 738. The van der Waals surface area contributed by atoms with Crippen molar-refractivity contribution in [3.8, 4) is 5.69 Å². The summed E-state index contributed by atoms with van der Waals surface area (Å²) in [6, 6.07) is 1.10. The summed E-state index contributed by atoms with van der Waals surface area (Å²) in [7, 11) is 1.38. The SMILES string of the molecule is Cc1nn(-c2cncc(F)c2)c(F)c1N(C)C(=O)OC(C)(C)C. The molecule has 0 aromatic carbocycles. The van der Waals surface area contributed by atoms with Crippen molar-refractivity contribution in [2.45, 2.75) is 33.3 Å². The van der Waals surface area contributed by atoms with Crippen molar-refractivity contribution in [1.29, 1.82) is 0 Å². The molecule has 0 unspecified atom stereocenters. The van der Waals surface area contributed by atoms with Crippen LogP contribution >= 0.6 is 0 Å². The second-order valence-electron chi connectivity index (χ2n) is 6.04. The summed E-state index contributed by atoms with van der Waals surface area (Å²) in [4.78, 5) is 16.8. The fraction of sp³-hybridized carbons (Fsp3) is 0.400. The van der Waals surface area contributed by atoms with E-state index in [1.165, 1.54) is 13.2 Å². The van der Waals surface area contributed by atoms with Gasteiger partial charge >= 0.3 is 6.09 Å². The van der Waals surface area contributed by atoms with E-state index in [2.05, 4.69) is 10.1 Å². The molecule has 8 heteroatoms. The van der Waals surface area contributed by atoms with E-state index in [9.17, 15) is 13.6 Å². The molecule has 0 bridgehead atoms. The molecule has 6 nitrogen and oxygen atoms in total. The molecule has 23 heavy (non-hydrogen) atoms. The van der Waals surface area contributed by atoms with E-state index in [4.69, 9.17) is 4.74 Å². The molecule has 0 aliphatic heterocycles. The van der Waals surface area contributed by atoms with Crippen molar-refractivity contribution < 1.29 is 18.3 Å². The lowest BCUT2D eigenvalue weighted by Crippen LogP contribution is -2.34. The molecule has 124 valence electrons. The highest BCUT2D eigenvalue weighted by atomic mass is 19.1. The summed E-state index contributed by atoms with van der Waals surface area (Å²) in [5.74, 6) is -1.42. The highest BCUT2D eigenvalue weighted by Gasteiger charge is 2.27. The first-order valence-corrected chi connectivity index (χ1v) is 6.93. The van der Waals surface area contributed by atoms with Gasteiger partial charge in [-0.3, -0.25) is 9.88 Å². The molecule has 0 fully saturated rings. The van der Waals surface area contributed by atoms with E-state index in [0.717, 1.165) is 21.8 Å². The third-order valence-corrected chi connectivity index (χ3v) is 2.91. The van der Waals surface area contributed by atoms with Gasteiger partial charge in [0.2, 0.25) is 5.95 Å². The monoisotopic (exact) mass is 324 g/mol. The number of rotatable bonds is 2. The van der Waals surface area contributed by atoms with Crippen molar-refractivity contribution in [2.75, 3.05) is 11.9 Å². The van der Waals surface area contributed by atoms with Gasteiger partial charge in [0.05, 0.1) is 23.8 Å². The molecule has 0 N–H and O–H groups in total. The molecular formula is C15H18F2N4O2. The minimum absolute atomic E-state index is 0.0384. The first-order chi connectivity index (χ1) is 10.6. The Hall–Kier alpha value is -2.51. The number of halogens is 2. The zero-order valence-corrected chi connectivity index (χ0v) is 13.6. The molecule has 2 aromatic heterocycles. The standard InChI is InChI=1S/C15H18F2N4O2/c1-9-12(20(5)14(22)23-15(2,3)4)13(17)21(19-9)11-6-10(16)7-18-8-11/h6-8H,1-5H3. The second kappa shape index (κ2) is 5.94. The van der Waals surface area contributed by atoms with Gasteiger partial charge in [0.15, 0.2) is 0 Å². The predicted molar refractivity (Wildman–Crippen MR) is 80.6 cm³/mol. The maximum atomic E-state index is 14.7. The molecule has 0 radical (unpaired) electrons. The molecule has 2 rings (SSSR count). The van der Waals surface area contributed by atoms with E-state index >= 15 is 0 Å². The highest BCUT2D eigenvalue weighted by molar-refractivity contribution is 5.88. The first-order valence-electron chi connectivity index (χ1n) is 6.93. The van der Waals surface area contributed by atoms with Crippen molar-refractivity contribution in [2.24, 2.45) is 0 Å². The Morgan fingerprint density at radius 3 is 2.52 bits per heavy atom. The number of carbonyl (C=O) groups is 1. The largest absolute Gasteiger partial charge is 0.443 e. The van der Waals surface area contributed by atoms with Crippen LogP contribution in [-0.2, 0) is 4.74 Å². The Balaban J connectivity index is 2.40. The van der Waals surface area contributed by atoms with Crippen LogP contribution in [0.15, 0.2) is 18.5 Å². The lowest BCUT2D eigenvalue weighted by molar-refractivity contribution is 0.0588. The smallest absolute Gasteiger partial charge is 0.414 e. The Kier molecular flexibility index (Phi) is 4.35. The summed E-state index contributed by atoms with van der Waals surface area (Å²) < 4.78 is 34.0. The van der Waals surface area contributed by atoms with Gasteiger partial charge in [-0.25, -0.2) is 13.9 Å². The van der Waals surface area contributed by atoms with Crippen molar-refractivity contribution in [1.82, 2.24) is 14.8 Å². The van der Waals surface area contributed by atoms with Crippen LogP contribution in [0.3, 0.4) is 0 Å². The van der Waals surface area contributed by atoms with Gasteiger partial charge in [-0.05, 0) is 27.7 Å². The number of hydrogen-bond donors (Lipinski definition) is 0. The minimum Gasteiger partial charge on any atom is -0.443 e. The van der Waals surface area contributed by atoms with Gasteiger partial charge in [-0.15, -0.1) is 0 Å². The lowest BCUT2D eigenvalue weighted by atomic mass is 10.2. The van der Waals surface area contributed by atoms with Crippen LogP contribution in [0.5, 0.6) is 0 Å². The van der Waals surface area contributed by atoms with Crippen LogP contribution in [0.4, 0.5) is 19.3 Å². The van der Waals surface area contributed by atoms with Gasteiger partial charge in [-0.1, -0.05) is 0 Å². The van der Waals surface area contributed by atoms with E-state index in [1.54, 1.807) is 27.7 Å². The topological polar surface area (TPSA) is 60.2 Å². The van der Waals surface area contributed by atoms with E-state index < -0.39 is 23.5 Å². The van der Waals surface area contributed by atoms with Crippen molar-refractivity contribution >= 4 is 11.8 Å². The molecule has 0 saturated heterocycles. The zero-order valence-electron chi connectivity index (χ0n) is 13.6. The average Bonchev–Trinajstić information content (AvgIpc) is 2.71. The van der Waals surface area contributed by atoms with Gasteiger partial charge < -0.3 is 4.74 Å². The van der Waals surface area contributed by atoms with Crippen LogP contribution in [0.25, 0.3) is 5.69 Å². The molecular weight excluding hydrogens is 306 g/mol. The Morgan fingerprint density at radius 1 is 1.30 bits per heavy atom. The average molecular weight is 324 g/mol. The van der Waals surface area contributed by atoms with Gasteiger partial charge in [0.1, 0.15) is 17.1 Å². The molecule has 1 amide bonds. The summed E-state index contributed by atoms with van der Waals surface area (Å²) in [5.41, 5.74) is -0.365. The molecule has 0 spiro atoms. The molecule has 0 atom stereocenters. The summed E-state index contributed by atoms with van der Waals surface area (Å²) in [6.07, 6.45) is 1.57. The van der Waals surface area contributed by atoms with Crippen LogP contribution in [0.2, 0.25) is 0 Å². The van der Waals surface area contributed by atoms with Crippen LogP contribution in [0.1, 0.15) is 26.5 Å². The fourth-order valence-electron chi connectivity index (χ4n) is 1.98. The van der Waals surface area contributed by atoms with E-state index in [1.807, 2.05) is 0 Å². The van der Waals surface area contributed by atoms with Crippen molar-refractivity contribution in [3.63, 3.8) is 0 Å². The number of aromatic nitrogens is 3. The summed E-state index contributed by atoms with van der Waals surface area (Å²) in [6.45, 7) is 6.68. The Labute approximate surface area is 132 Å². The number of pyridine rings is 1. The molecule has 2 heterocycles. The van der Waals surface area contributed by atoms with Crippen molar-refractivity contribution in [3.05, 3.63) is 35.9 Å². The maximum absolute atomic E-state index is 14.7. The number of nitrogens with zero attached hydrogens (tertiary/aromatic N) is 4. The zero-order chi connectivity index (χ0) is 17.4. The number of anilines is 1. The maximum Gasteiger partial charge on any atom is 0.414 e. The van der Waals surface area contributed by atoms with Gasteiger partial charge in [0, 0.05) is 13.1 Å². The number of hydrogen-bond acceptors (Lipinski definition) is 4. The minimum atomic E-state index is -0.803. The second-order valence-corrected chi connectivity index (χ2v) is 6.04. The molecule has 0 aliphatic carbocycles. The lowest BCUT2D eigenvalue weighted by Gasteiger charge is -2.24. The summed E-state index contributed by atoms with van der Waals surface area (Å²) in [5, 5.41) is 4.01. The van der Waals surface area contributed by atoms with Gasteiger partial charge in [0.25, 0.3) is 0 Å². The third-order valence-electron chi connectivity index (χ3n) is 2.91. The quantitative estimate of drug-likeness (QED) is 0.851. The molecule has 2 aromatic rings. The number of ether oxygens (including phenoxy) is 1. The number of carbonyl (C=O) groups excluding carboxylic acids is 1. The normalized spacial score (nSPS) is 11.4. The fourth-order valence-corrected chi connectivity index (χ4v) is 1.98. The predicted octanol–water partition coefficient (Wildman–Crippen LogP) is 3.23. The van der Waals surface area contributed by atoms with E-state index in [-0.39, 0.29) is 17.1 Å². The summed E-state index contributed by atoms with van der Waals surface area (Å²) >= 11 is 0. The first kappa shape index (κ1) is 16.9. The van der Waals surface area contributed by atoms with E-state index in [0.29, 0.717) is 0 Å². The van der Waals surface area contributed by atoms with Crippen LogP contribution in [-0.4, -0.2) is 33.5 Å². The highest BCUT2D eigenvalue weighted by Crippen LogP contribution is 2.26. The third kappa shape index (κ3) is 3.64.